The molecular weight excluding hydrogens is 390 g/mol. The minimum absolute atomic E-state index is 0. The van der Waals surface area contributed by atoms with Gasteiger partial charge in [-0.15, -0.1) is 0 Å². The molecule has 3 aromatic rings. The third-order valence-electron chi connectivity index (χ3n) is 4.04. The van der Waals surface area contributed by atoms with Gasteiger partial charge in [0.15, 0.2) is 0 Å². The molecule has 0 heterocycles. The topological polar surface area (TPSA) is 75.7 Å². The SMILES string of the molecule is COc1ccc(P(c2ccc(OC)cc2)c2ccc(S(=O)(=O)[O-])cc2)cc1.[Li+]. The van der Waals surface area contributed by atoms with E-state index < -0.39 is 18.0 Å². The number of ether oxygens (including phenoxy) is 2. The molecular formula is C20H18LiO5PS. The molecule has 0 spiro atoms. The van der Waals surface area contributed by atoms with Gasteiger partial charge in [-0.3, -0.25) is 0 Å². The fraction of sp³-hybridized carbons (Fsp3) is 0.100. The van der Waals surface area contributed by atoms with Crippen molar-refractivity contribution in [2.45, 2.75) is 4.90 Å². The van der Waals surface area contributed by atoms with E-state index in [0.29, 0.717) is 0 Å². The maximum Gasteiger partial charge on any atom is 1.00 e. The van der Waals surface area contributed by atoms with Gasteiger partial charge in [0.1, 0.15) is 21.6 Å². The summed E-state index contributed by atoms with van der Waals surface area (Å²) in [6.45, 7) is 0. The number of methoxy groups -OCH3 is 2. The molecule has 0 bridgehead atoms. The summed E-state index contributed by atoms with van der Waals surface area (Å²) >= 11 is 0. The summed E-state index contributed by atoms with van der Waals surface area (Å²) in [5.74, 6) is 1.52. The maximum atomic E-state index is 11.2. The molecule has 0 aliphatic rings. The van der Waals surface area contributed by atoms with Crippen LogP contribution < -0.4 is 44.2 Å². The summed E-state index contributed by atoms with van der Waals surface area (Å²) in [4.78, 5) is -0.231. The Hall–Kier alpha value is -1.80. The fourth-order valence-electron chi connectivity index (χ4n) is 2.67. The molecule has 3 rings (SSSR count). The van der Waals surface area contributed by atoms with Crippen LogP contribution in [-0.2, 0) is 10.1 Å². The Morgan fingerprint density at radius 3 is 1.29 bits per heavy atom. The smallest absolute Gasteiger partial charge is 0.744 e. The van der Waals surface area contributed by atoms with Gasteiger partial charge in [0.05, 0.1) is 19.1 Å². The minimum atomic E-state index is -4.47. The number of rotatable bonds is 6. The third-order valence-corrected chi connectivity index (χ3v) is 7.34. The van der Waals surface area contributed by atoms with Crippen molar-refractivity contribution in [2.75, 3.05) is 14.2 Å². The van der Waals surface area contributed by atoms with Crippen molar-refractivity contribution in [1.82, 2.24) is 0 Å². The standard InChI is InChI=1S/C20H19O5PS.Li/c1-24-15-3-7-17(8-4-15)26(18-9-5-16(25-2)6-10-18)19-11-13-20(14-12-19)27(21,22)23;/h3-14H,1-2H3,(H,21,22,23);/q;+1/p-1. The first kappa shape index (κ1) is 22.5. The van der Waals surface area contributed by atoms with Gasteiger partial charge in [0.2, 0.25) is 0 Å². The van der Waals surface area contributed by atoms with Crippen molar-refractivity contribution >= 4 is 34.0 Å². The van der Waals surface area contributed by atoms with E-state index in [2.05, 4.69) is 0 Å². The summed E-state index contributed by atoms with van der Waals surface area (Å²) < 4.78 is 44.1. The minimum Gasteiger partial charge on any atom is -0.744 e. The van der Waals surface area contributed by atoms with Crippen molar-refractivity contribution < 1.29 is 41.3 Å². The van der Waals surface area contributed by atoms with Crippen LogP contribution in [0.1, 0.15) is 0 Å². The molecule has 0 radical (unpaired) electrons. The van der Waals surface area contributed by atoms with Crippen molar-refractivity contribution in [3.63, 3.8) is 0 Å². The van der Waals surface area contributed by atoms with E-state index in [1.165, 1.54) is 12.1 Å². The molecule has 0 atom stereocenters. The van der Waals surface area contributed by atoms with Gasteiger partial charge >= 0.3 is 18.9 Å². The van der Waals surface area contributed by atoms with Gasteiger partial charge in [-0.2, -0.15) is 0 Å². The van der Waals surface area contributed by atoms with Crippen molar-refractivity contribution in [2.24, 2.45) is 0 Å². The van der Waals surface area contributed by atoms with Crippen LogP contribution in [0.3, 0.4) is 0 Å². The molecule has 0 unspecified atom stereocenters. The van der Waals surface area contributed by atoms with E-state index in [1.54, 1.807) is 26.4 Å². The number of hydrogen-bond donors (Lipinski definition) is 0. The maximum absolute atomic E-state index is 11.2. The van der Waals surface area contributed by atoms with Gasteiger partial charge in [0, 0.05) is 0 Å². The second-order valence-corrected chi connectivity index (χ2v) is 9.28. The van der Waals surface area contributed by atoms with Gasteiger partial charge in [-0.1, -0.05) is 36.4 Å². The van der Waals surface area contributed by atoms with Crippen LogP contribution in [0, 0.1) is 0 Å². The molecule has 0 aromatic heterocycles. The molecule has 5 nitrogen and oxygen atoms in total. The van der Waals surface area contributed by atoms with Crippen LogP contribution >= 0.6 is 7.92 Å². The van der Waals surface area contributed by atoms with Crippen molar-refractivity contribution in [3.8, 4) is 11.5 Å². The Morgan fingerprint density at radius 2 is 1.00 bits per heavy atom. The largest absolute Gasteiger partial charge is 1.00 e. The Morgan fingerprint density at radius 1 is 0.679 bits per heavy atom. The van der Waals surface area contributed by atoms with E-state index in [4.69, 9.17) is 9.47 Å². The zero-order valence-corrected chi connectivity index (χ0v) is 17.5. The Balaban J connectivity index is 0.00000280. The predicted molar refractivity (Wildman–Crippen MR) is 106 cm³/mol. The first-order valence-electron chi connectivity index (χ1n) is 8.06. The van der Waals surface area contributed by atoms with E-state index in [-0.39, 0.29) is 23.8 Å². The summed E-state index contributed by atoms with van der Waals surface area (Å²) in [6.07, 6.45) is 0. The average Bonchev–Trinajstić information content (AvgIpc) is 2.69. The van der Waals surface area contributed by atoms with Gasteiger partial charge in [-0.25, -0.2) is 8.42 Å². The normalized spacial score (nSPS) is 11.0. The van der Waals surface area contributed by atoms with E-state index in [0.717, 1.165) is 27.4 Å². The van der Waals surface area contributed by atoms with E-state index in [1.807, 2.05) is 48.5 Å². The number of hydrogen-bond acceptors (Lipinski definition) is 5. The molecule has 0 amide bonds. The van der Waals surface area contributed by atoms with Crippen LogP contribution in [0.15, 0.2) is 77.7 Å². The van der Waals surface area contributed by atoms with Crippen LogP contribution in [-0.4, -0.2) is 27.2 Å². The van der Waals surface area contributed by atoms with Crippen LogP contribution in [0.4, 0.5) is 0 Å². The Kier molecular flexibility index (Phi) is 7.71. The molecule has 140 valence electrons. The Labute approximate surface area is 178 Å². The second-order valence-electron chi connectivity index (χ2n) is 5.68. The van der Waals surface area contributed by atoms with Gasteiger partial charge < -0.3 is 14.0 Å². The first-order chi connectivity index (χ1) is 12.9. The summed E-state index contributed by atoms with van der Waals surface area (Å²) in [5, 5.41) is 3.09. The molecule has 3 aromatic carbocycles. The van der Waals surface area contributed by atoms with Gasteiger partial charge in [-0.05, 0) is 60.2 Å². The van der Waals surface area contributed by atoms with E-state index >= 15 is 0 Å². The number of benzene rings is 3. The fourth-order valence-corrected chi connectivity index (χ4v) is 5.38. The summed E-state index contributed by atoms with van der Waals surface area (Å²) in [6, 6.07) is 21.7. The predicted octanol–water partition coefficient (Wildman–Crippen LogP) is -0.630. The van der Waals surface area contributed by atoms with E-state index in [9.17, 15) is 13.0 Å². The monoisotopic (exact) mass is 408 g/mol. The Bertz CT molecular complexity index is 956. The molecule has 0 N–H and O–H groups in total. The van der Waals surface area contributed by atoms with Crippen LogP contribution in [0.25, 0.3) is 0 Å². The first-order valence-corrected chi connectivity index (χ1v) is 10.8. The zero-order chi connectivity index (χ0) is 19.4. The molecule has 0 aliphatic carbocycles. The van der Waals surface area contributed by atoms with Crippen molar-refractivity contribution in [3.05, 3.63) is 72.8 Å². The second kappa shape index (κ2) is 9.60. The van der Waals surface area contributed by atoms with Gasteiger partial charge in [0.25, 0.3) is 0 Å². The van der Waals surface area contributed by atoms with Crippen LogP contribution in [0.5, 0.6) is 11.5 Å². The molecule has 0 fully saturated rings. The molecule has 0 saturated heterocycles. The molecule has 28 heavy (non-hydrogen) atoms. The quantitative estimate of drug-likeness (QED) is 0.309. The average molecular weight is 408 g/mol. The zero-order valence-electron chi connectivity index (χ0n) is 15.8. The summed E-state index contributed by atoms with van der Waals surface area (Å²) in [5.41, 5.74) is 0. The molecule has 0 saturated carbocycles. The molecule has 8 heteroatoms. The third kappa shape index (κ3) is 5.17. The molecule has 0 aliphatic heterocycles. The van der Waals surface area contributed by atoms with Crippen LogP contribution in [0.2, 0.25) is 0 Å². The summed E-state index contributed by atoms with van der Waals surface area (Å²) in [7, 11) is -2.18. The van der Waals surface area contributed by atoms with Crippen molar-refractivity contribution in [1.29, 1.82) is 0 Å².